The van der Waals surface area contributed by atoms with Gasteiger partial charge in [-0.25, -0.2) is 0 Å². The predicted octanol–water partition coefficient (Wildman–Crippen LogP) is 3.04. The van der Waals surface area contributed by atoms with E-state index in [9.17, 15) is 4.79 Å². The van der Waals surface area contributed by atoms with Crippen LogP contribution in [0.3, 0.4) is 0 Å². The molecule has 0 bridgehead atoms. The second-order valence-corrected chi connectivity index (χ2v) is 6.19. The smallest absolute Gasteiger partial charge is 0.255 e. The van der Waals surface area contributed by atoms with Gasteiger partial charge in [-0.2, -0.15) is 0 Å². The molecule has 108 valence electrons. The van der Waals surface area contributed by atoms with Crippen molar-refractivity contribution in [3.05, 3.63) is 34.9 Å². The van der Waals surface area contributed by atoms with Gasteiger partial charge in [0.15, 0.2) is 0 Å². The fraction of sp³-hybridized carbons (Fsp3) is 0.562. The van der Waals surface area contributed by atoms with Crippen molar-refractivity contribution < 1.29 is 4.79 Å². The van der Waals surface area contributed by atoms with Crippen LogP contribution in [0.15, 0.2) is 24.3 Å². The molecule has 2 fully saturated rings. The van der Waals surface area contributed by atoms with Crippen LogP contribution in [0, 0.1) is 0 Å². The monoisotopic (exact) mass is 292 g/mol. The minimum absolute atomic E-state index is 0.0947. The molecule has 2 aliphatic heterocycles. The Kier molecular flexibility index (Phi) is 4.27. The average Bonchev–Trinajstić information content (AvgIpc) is 3.11. The van der Waals surface area contributed by atoms with Crippen LogP contribution < -0.4 is 0 Å². The lowest BCUT2D eigenvalue weighted by Crippen LogP contribution is -2.42. The van der Waals surface area contributed by atoms with Gasteiger partial charge in [0.2, 0.25) is 0 Å². The molecular weight excluding hydrogens is 272 g/mol. The summed E-state index contributed by atoms with van der Waals surface area (Å²) in [4.78, 5) is 17.2. The van der Waals surface area contributed by atoms with E-state index in [1.807, 2.05) is 23.1 Å². The Bertz CT molecular complexity index is 485. The molecule has 1 amide bonds. The topological polar surface area (TPSA) is 23.6 Å². The van der Waals surface area contributed by atoms with E-state index in [0.717, 1.165) is 25.9 Å². The third-order valence-corrected chi connectivity index (χ3v) is 4.74. The fourth-order valence-electron chi connectivity index (χ4n) is 3.35. The number of carbonyl (C=O) groups excluding carboxylic acids is 1. The lowest BCUT2D eigenvalue weighted by Gasteiger charge is -2.28. The minimum Gasteiger partial charge on any atom is -0.334 e. The summed E-state index contributed by atoms with van der Waals surface area (Å²) in [6.45, 7) is 4.26. The van der Waals surface area contributed by atoms with Crippen LogP contribution in [0.5, 0.6) is 0 Å². The molecule has 20 heavy (non-hydrogen) atoms. The van der Waals surface area contributed by atoms with E-state index >= 15 is 0 Å². The molecular formula is C16H21ClN2O. The standard InChI is InChI=1S/C16H21ClN2O/c17-15-8-2-1-7-14(15)16(20)19-11-5-6-13(19)12-18-9-3-4-10-18/h1-2,7-8,13H,3-6,9-12H2/t13-/m1/s1. The zero-order chi connectivity index (χ0) is 13.9. The molecule has 0 unspecified atom stereocenters. The summed E-state index contributed by atoms with van der Waals surface area (Å²) in [5, 5.41) is 0.560. The largest absolute Gasteiger partial charge is 0.334 e. The van der Waals surface area contributed by atoms with E-state index < -0.39 is 0 Å². The Morgan fingerprint density at radius 1 is 1.15 bits per heavy atom. The molecule has 1 aromatic rings. The molecule has 3 rings (SSSR count). The molecule has 2 heterocycles. The molecule has 0 spiro atoms. The quantitative estimate of drug-likeness (QED) is 0.855. The third kappa shape index (κ3) is 2.84. The highest BCUT2D eigenvalue weighted by Crippen LogP contribution is 2.25. The number of carbonyl (C=O) groups is 1. The zero-order valence-corrected chi connectivity index (χ0v) is 12.5. The van der Waals surface area contributed by atoms with Gasteiger partial charge in [0, 0.05) is 19.1 Å². The Morgan fingerprint density at radius 3 is 2.65 bits per heavy atom. The number of benzene rings is 1. The summed E-state index contributed by atoms with van der Waals surface area (Å²) < 4.78 is 0. The molecule has 0 saturated carbocycles. The van der Waals surface area contributed by atoms with Crippen molar-refractivity contribution in [2.24, 2.45) is 0 Å². The van der Waals surface area contributed by atoms with E-state index in [0.29, 0.717) is 16.6 Å². The number of nitrogens with zero attached hydrogens (tertiary/aromatic N) is 2. The predicted molar refractivity (Wildman–Crippen MR) is 81.2 cm³/mol. The van der Waals surface area contributed by atoms with Crippen LogP contribution in [-0.4, -0.2) is 47.9 Å². The van der Waals surface area contributed by atoms with Crippen LogP contribution in [0.25, 0.3) is 0 Å². The van der Waals surface area contributed by atoms with Gasteiger partial charge in [0.05, 0.1) is 10.6 Å². The van der Waals surface area contributed by atoms with Crippen molar-refractivity contribution in [2.45, 2.75) is 31.7 Å². The van der Waals surface area contributed by atoms with Gasteiger partial charge in [-0.05, 0) is 50.9 Å². The van der Waals surface area contributed by atoms with Gasteiger partial charge in [-0.15, -0.1) is 0 Å². The molecule has 0 radical (unpaired) electrons. The van der Waals surface area contributed by atoms with E-state index in [1.165, 1.54) is 25.9 Å². The van der Waals surface area contributed by atoms with Crippen molar-refractivity contribution in [1.29, 1.82) is 0 Å². The van der Waals surface area contributed by atoms with Crippen molar-refractivity contribution in [2.75, 3.05) is 26.2 Å². The maximum atomic E-state index is 12.7. The lowest BCUT2D eigenvalue weighted by atomic mass is 10.1. The third-order valence-electron chi connectivity index (χ3n) is 4.41. The normalized spacial score (nSPS) is 23.4. The van der Waals surface area contributed by atoms with Gasteiger partial charge in [-0.1, -0.05) is 23.7 Å². The van der Waals surface area contributed by atoms with E-state index in [4.69, 9.17) is 11.6 Å². The highest BCUT2D eigenvalue weighted by atomic mass is 35.5. The average molecular weight is 293 g/mol. The van der Waals surface area contributed by atoms with Gasteiger partial charge in [0.25, 0.3) is 5.91 Å². The maximum absolute atomic E-state index is 12.7. The summed E-state index contributed by atoms with van der Waals surface area (Å²) in [5.74, 6) is 0.0947. The molecule has 2 saturated heterocycles. The fourth-order valence-corrected chi connectivity index (χ4v) is 3.56. The summed E-state index contributed by atoms with van der Waals surface area (Å²) in [6, 6.07) is 7.72. The van der Waals surface area contributed by atoms with Crippen LogP contribution in [0.4, 0.5) is 0 Å². The number of halogens is 1. The minimum atomic E-state index is 0.0947. The van der Waals surface area contributed by atoms with Crippen LogP contribution in [0.1, 0.15) is 36.0 Å². The lowest BCUT2D eigenvalue weighted by molar-refractivity contribution is 0.0709. The Labute approximate surface area is 125 Å². The van der Waals surface area contributed by atoms with E-state index in [2.05, 4.69) is 4.90 Å². The molecule has 0 aliphatic carbocycles. The number of hydrogen-bond acceptors (Lipinski definition) is 2. The van der Waals surface area contributed by atoms with Crippen LogP contribution >= 0.6 is 11.6 Å². The van der Waals surface area contributed by atoms with Crippen LogP contribution in [0.2, 0.25) is 5.02 Å². The highest BCUT2D eigenvalue weighted by molar-refractivity contribution is 6.33. The maximum Gasteiger partial charge on any atom is 0.255 e. The first-order valence-corrected chi connectivity index (χ1v) is 7.91. The van der Waals surface area contributed by atoms with Crippen molar-refractivity contribution in [1.82, 2.24) is 9.80 Å². The molecule has 0 N–H and O–H groups in total. The number of likely N-dealkylation sites (tertiary alicyclic amines) is 2. The van der Waals surface area contributed by atoms with Gasteiger partial charge in [-0.3, -0.25) is 4.79 Å². The molecule has 0 aromatic heterocycles. The summed E-state index contributed by atoms with van der Waals surface area (Å²) in [6.07, 6.45) is 4.82. The first-order valence-electron chi connectivity index (χ1n) is 7.53. The number of amides is 1. The van der Waals surface area contributed by atoms with E-state index in [1.54, 1.807) is 6.07 Å². The number of hydrogen-bond donors (Lipinski definition) is 0. The van der Waals surface area contributed by atoms with Crippen molar-refractivity contribution in [3.8, 4) is 0 Å². The molecule has 2 aliphatic rings. The Hall–Kier alpha value is -1.06. The summed E-state index contributed by atoms with van der Waals surface area (Å²) in [7, 11) is 0. The van der Waals surface area contributed by atoms with Gasteiger partial charge >= 0.3 is 0 Å². The zero-order valence-electron chi connectivity index (χ0n) is 11.7. The molecule has 4 heteroatoms. The SMILES string of the molecule is O=C(c1ccccc1Cl)N1CCC[C@@H]1CN1CCCC1. The second kappa shape index (κ2) is 6.15. The van der Waals surface area contributed by atoms with Crippen molar-refractivity contribution in [3.63, 3.8) is 0 Å². The molecule has 1 aromatic carbocycles. The van der Waals surface area contributed by atoms with Crippen molar-refractivity contribution >= 4 is 17.5 Å². The Balaban J connectivity index is 1.71. The molecule has 3 nitrogen and oxygen atoms in total. The summed E-state index contributed by atoms with van der Waals surface area (Å²) in [5.41, 5.74) is 0.641. The first-order chi connectivity index (χ1) is 9.75. The van der Waals surface area contributed by atoms with E-state index in [-0.39, 0.29) is 5.91 Å². The molecule has 1 atom stereocenters. The first kappa shape index (κ1) is 13.9. The Morgan fingerprint density at radius 2 is 1.90 bits per heavy atom. The number of rotatable bonds is 3. The van der Waals surface area contributed by atoms with Gasteiger partial charge in [0.1, 0.15) is 0 Å². The van der Waals surface area contributed by atoms with Crippen LogP contribution in [-0.2, 0) is 0 Å². The second-order valence-electron chi connectivity index (χ2n) is 5.78. The highest BCUT2D eigenvalue weighted by Gasteiger charge is 2.31. The summed E-state index contributed by atoms with van der Waals surface area (Å²) >= 11 is 6.16. The van der Waals surface area contributed by atoms with Gasteiger partial charge < -0.3 is 9.80 Å².